The molecule has 0 amide bonds. The van der Waals surface area contributed by atoms with Crippen LogP contribution in [0, 0.1) is 0 Å². The Kier molecular flexibility index (Phi) is 472. The molecule has 0 rings (SSSR count). The predicted octanol–water partition coefficient (Wildman–Crippen LogP) is -4.76. The molecule has 0 saturated heterocycles. The Bertz CT molecular complexity index is 9.61. The van der Waals surface area contributed by atoms with Crippen LogP contribution in [0.5, 0.6) is 0 Å². The molecule has 0 atom stereocenters. The molecule has 5 heavy (non-hydrogen) atoms. The molecule has 0 aliphatic rings. The van der Waals surface area contributed by atoms with E-state index in [4.69, 9.17) is 0 Å². The van der Waals surface area contributed by atoms with Crippen LogP contribution in [0.4, 0.5) is 0 Å². The zero-order valence-electron chi connectivity index (χ0n) is 2.61. The van der Waals surface area contributed by atoms with E-state index in [1.807, 2.05) is 0 Å². The van der Waals surface area contributed by atoms with Gasteiger partial charge in [-0.15, -0.1) is 0 Å². The van der Waals surface area contributed by atoms with E-state index in [1.54, 1.807) is 0 Å². The van der Waals surface area contributed by atoms with Crippen LogP contribution in [0.3, 0.4) is 0 Å². The third-order valence-corrected chi connectivity index (χ3v) is 0. The first-order valence-electron chi connectivity index (χ1n) is 0. The Morgan fingerprint density at radius 2 is 1.00 bits per heavy atom. The third kappa shape index (κ3) is 24.0. The van der Waals surface area contributed by atoms with E-state index in [9.17, 15) is 0 Å². The first kappa shape index (κ1) is 62.9. The van der Waals surface area contributed by atoms with Crippen molar-refractivity contribution in [3.8, 4) is 0 Å². The van der Waals surface area contributed by atoms with E-state index in [0.717, 1.165) is 0 Å². The van der Waals surface area contributed by atoms with E-state index >= 15 is 0 Å². The van der Waals surface area contributed by atoms with Crippen molar-refractivity contribution in [3.63, 3.8) is 0 Å². The molecule has 0 saturated carbocycles. The molecular weight excluding hydrogens is 135 g/mol. The Labute approximate surface area is 77.5 Å². The fraction of sp³-hybridized carbons (Fsp3) is 0. The second kappa shape index (κ2) is 37.5. The van der Waals surface area contributed by atoms with Crippen LogP contribution >= 0.6 is 0 Å². The zero-order chi connectivity index (χ0) is 0. The van der Waals surface area contributed by atoms with E-state index in [2.05, 4.69) is 0 Å². The van der Waals surface area contributed by atoms with Crippen molar-refractivity contribution >= 4 is 55.1 Å². The van der Waals surface area contributed by atoms with E-state index < -0.39 is 0 Å². The summed E-state index contributed by atoms with van der Waals surface area (Å²) in [6.45, 7) is 0. The van der Waals surface area contributed by atoms with Gasteiger partial charge in [-0.05, 0) is 0 Å². The minimum atomic E-state index is 0. The van der Waals surface area contributed by atoms with Crippen molar-refractivity contribution in [2.24, 2.45) is 0 Å². The summed E-state index contributed by atoms with van der Waals surface area (Å²) in [6, 6.07) is 0. The Balaban J connectivity index is 0. The Morgan fingerprint density at radius 3 is 1.00 bits per heavy atom. The maximum absolute atomic E-state index is 0. The fourth-order valence-electron chi connectivity index (χ4n) is 0. The molecule has 0 spiro atoms. The van der Waals surface area contributed by atoms with Gasteiger partial charge in [0.25, 0.3) is 0 Å². The van der Waals surface area contributed by atoms with Gasteiger partial charge in [0, 0.05) is 0 Å². The number of hydrogen-bond acceptors (Lipinski definition) is 1. The average molecular weight is 138 g/mol. The van der Waals surface area contributed by atoms with Crippen molar-refractivity contribution in [1.29, 1.82) is 0 Å². The summed E-state index contributed by atoms with van der Waals surface area (Å²) in [4.78, 5) is 0. The van der Waals surface area contributed by atoms with Gasteiger partial charge in [0.2, 0.25) is 0 Å². The molecule has 0 aliphatic carbocycles. The molecule has 0 fully saturated rings. The maximum Gasteiger partial charge on any atom is 3.00 e. The molecule has 2 nitrogen and oxygen atoms in total. The van der Waals surface area contributed by atoms with Crippen LogP contribution < -0.4 is 12.4 Å². The molecule has 24 valence electrons. The molecule has 0 aromatic carbocycles. The van der Waals surface area contributed by atoms with Crippen LogP contribution in [0.1, 0.15) is 0 Å². The standard InChI is InChI=1S/Al.Ca.ClH.2H2O/h;;1H;2*1H2/q+3;+2;;;/p-2. The van der Waals surface area contributed by atoms with E-state index in [-0.39, 0.29) is 78.5 Å². The van der Waals surface area contributed by atoms with Crippen LogP contribution in [0.15, 0.2) is 0 Å². The van der Waals surface area contributed by atoms with Gasteiger partial charge in [0.1, 0.15) is 0 Å². The van der Waals surface area contributed by atoms with Gasteiger partial charge in [-0.25, -0.2) is 0 Å². The monoisotopic (exact) mass is 137 g/mol. The first-order chi connectivity index (χ1) is 0. The van der Waals surface area contributed by atoms with Crippen LogP contribution in [-0.4, -0.2) is 66.1 Å². The molecule has 0 radical (unpaired) electrons. The molecule has 0 bridgehead atoms. The number of rotatable bonds is 0. The molecule has 0 aromatic rings. The van der Waals surface area contributed by atoms with E-state index in [1.165, 1.54) is 0 Å². The van der Waals surface area contributed by atoms with Gasteiger partial charge in [-0.2, -0.15) is 0 Å². The number of halogens is 1. The van der Waals surface area contributed by atoms with Crippen LogP contribution in [-0.2, 0) is 0 Å². The summed E-state index contributed by atoms with van der Waals surface area (Å²) in [6.07, 6.45) is 0. The second-order valence-electron chi connectivity index (χ2n) is 0. The van der Waals surface area contributed by atoms with Gasteiger partial charge in [-0.1, -0.05) is 0 Å². The normalized spacial score (nSPS) is 0. The predicted molar refractivity (Wildman–Crippen MR) is 17.1 cm³/mol. The summed E-state index contributed by atoms with van der Waals surface area (Å²) in [7, 11) is 0. The second-order valence-corrected chi connectivity index (χ2v) is 0. The summed E-state index contributed by atoms with van der Waals surface area (Å²) in [5, 5.41) is 0. The molecular formula is H3AlCaClO2+3. The number of hydrogen-bond donors (Lipinski definition) is 0. The van der Waals surface area contributed by atoms with Gasteiger partial charge in [-0.3, -0.25) is 0 Å². The summed E-state index contributed by atoms with van der Waals surface area (Å²) in [5.74, 6) is 0. The van der Waals surface area contributed by atoms with Crippen molar-refractivity contribution in [3.05, 3.63) is 0 Å². The average Bonchev–Trinajstić information content (AvgIpc) is 0. The van der Waals surface area contributed by atoms with Crippen molar-refractivity contribution < 1.29 is 23.4 Å². The molecule has 5 heteroatoms. The molecule has 0 heterocycles. The van der Waals surface area contributed by atoms with E-state index in [0.29, 0.717) is 0 Å². The molecule has 0 unspecified atom stereocenters. The Hall–Kier alpha value is 2.00. The summed E-state index contributed by atoms with van der Waals surface area (Å²) in [5.41, 5.74) is 0. The summed E-state index contributed by atoms with van der Waals surface area (Å²) < 4.78 is 0. The zero-order valence-corrected chi connectivity index (χ0v) is 6.73. The topological polar surface area (TPSA) is 61.5 Å². The summed E-state index contributed by atoms with van der Waals surface area (Å²) >= 11 is 0. The van der Waals surface area contributed by atoms with Crippen molar-refractivity contribution in [2.45, 2.75) is 0 Å². The van der Waals surface area contributed by atoms with Gasteiger partial charge in [0.15, 0.2) is 0 Å². The first-order valence-corrected chi connectivity index (χ1v) is 0. The largest absolute Gasteiger partial charge is 3.00 e. The van der Waals surface area contributed by atoms with Crippen molar-refractivity contribution in [1.82, 2.24) is 0 Å². The minimum absolute atomic E-state index is 0. The minimum Gasteiger partial charge on any atom is -1.00 e. The fourth-order valence-corrected chi connectivity index (χ4v) is 0. The third-order valence-electron chi connectivity index (χ3n) is 0. The van der Waals surface area contributed by atoms with Gasteiger partial charge < -0.3 is 23.4 Å². The van der Waals surface area contributed by atoms with Gasteiger partial charge in [0.05, 0.1) is 0 Å². The molecule has 0 aliphatic heterocycles. The van der Waals surface area contributed by atoms with Crippen LogP contribution in [0.2, 0.25) is 0 Å². The van der Waals surface area contributed by atoms with Crippen molar-refractivity contribution in [2.75, 3.05) is 0 Å². The smallest absolute Gasteiger partial charge is 1.00 e. The van der Waals surface area contributed by atoms with Crippen LogP contribution in [0.25, 0.3) is 0 Å². The van der Waals surface area contributed by atoms with Gasteiger partial charge >= 0.3 is 55.1 Å². The molecule has 0 aromatic heterocycles. The Morgan fingerprint density at radius 1 is 1.00 bits per heavy atom. The SMILES string of the molecule is O.[Al+3].[Ca+2].[Cl-].[OH-]. The molecule has 3 N–H and O–H groups in total. The maximum atomic E-state index is 0. The quantitative estimate of drug-likeness (QED) is 0.309.